The van der Waals surface area contributed by atoms with E-state index in [0.29, 0.717) is 10.8 Å². The van der Waals surface area contributed by atoms with Gasteiger partial charge in [-0.1, -0.05) is 32.9 Å². The quantitative estimate of drug-likeness (QED) is 0.500. The molecule has 0 aromatic rings. The first kappa shape index (κ1) is 11.0. The lowest BCUT2D eigenvalue weighted by Crippen LogP contribution is -2.42. The molecule has 1 atom stereocenters. The summed E-state index contributed by atoms with van der Waals surface area (Å²) >= 11 is 0. The van der Waals surface area contributed by atoms with Crippen molar-refractivity contribution in [2.45, 2.75) is 40.3 Å². The summed E-state index contributed by atoms with van der Waals surface area (Å²) in [5.74, 6) is 0. The molecular weight excluding hydrogens is 176 g/mol. The van der Waals surface area contributed by atoms with Crippen molar-refractivity contribution in [2.75, 3.05) is 6.61 Å². The second-order valence-electron chi connectivity index (χ2n) is 5.37. The van der Waals surface area contributed by atoms with E-state index in [4.69, 9.17) is 4.43 Å². The van der Waals surface area contributed by atoms with Gasteiger partial charge in [0.05, 0.1) is 0 Å². The maximum Gasteiger partial charge on any atom is 0.170 e. The van der Waals surface area contributed by atoms with Crippen LogP contribution in [0.2, 0.25) is 13.1 Å². The molecule has 0 aliphatic heterocycles. The minimum Gasteiger partial charge on any atom is -0.420 e. The fourth-order valence-electron chi connectivity index (χ4n) is 1.60. The molecule has 1 nitrogen and oxygen atoms in total. The summed E-state index contributed by atoms with van der Waals surface area (Å²) in [5, 5.41) is 0. The molecule has 0 N–H and O–H groups in total. The van der Waals surface area contributed by atoms with Gasteiger partial charge in [-0.05, 0) is 24.9 Å². The first-order valence-corrected chi connectivity index (χ1v) is 7.95. The molecule has 0 fully saturated rings. The van der Waals surface area contributed by atoms with Gasteiger partial charge < -0.3 is 4.43 Å². The van der Waals surface area contributed by atoms with Crippen LogP contribution in [0.5, 0.6) is 0 Å². The van der Waals surface area contributed by atoms with Gasteiger partial charge in [-0.2, -0.15) is 0 Å². The van der Waals surface area contributed by atoms with Crippen molar-refractivity contribution in [3.63, 3.8) is 0 Å². The average Bonchev–Trinajstić information content (AvgIpc) is 1.80. The van der Waals surface area contributed by atoms with Crippen molar-refractivity contribution in [2.24, 2.45) is 10.8 Å². The van der Waals surface area contributed by atoms with Crippen LogP contribution in [-0.2, 0) is 4.43 Å². The van der Waals surface area contributed by atoms with Crippen LogP contribution in [0.1, 0.15) is 27.2 Å². The smallest absolute Gasteiger partial charge is 0.170 e. The Hall–Kier alpha value is -0.0831. The number of hydrogen-bond acceptors (Lipinski definition) is 1. The minimum atomic E-state index is -0.856. The highest BCUT2D eigenvalue weighted by molar-refractivity contribution is 6.48. The Labute approximate surface area is 83.9 Å². The average molecular weight is 198 g/mol. The largest absolute Gasteiger partial charge is 0.420 e. The molecule has 0 heterocycles. The van der Waals surface area contributed by atoms with E-state index in [-0.39, 0.29) is 0 Å². The van der Waals surface area contributed by atoms with E-state index in [1.54, 1.807) is 0 Å². The van der Waals surface area contributed by atoms with E-state index in [1.165, 1.54) is 6.42 Å². The molecule has 0 bridgehead atoms. The predicted molar refractivity (Wildman–Crippen MR) is 60.5 cm³/mol. The Morgan fingerprint density at radius 3 is 2.15 bits per heavy atom. The lowest BCUT2D eigenvalue weighted by molar-refractivity contribution is 0.0596. The third kappa shape index (κ3) is 2.23. The molecule has 2 heteroatoms. The van der Waals surface area contributed by atoms with Gasteiger partial charge in [-0.15, -0.1) is 0 Å². The zero-order valence-electron chi connectivity index (χ0n) is 9.55. The summed E-state index contributed by atoms with van der Waals surface area (Å²) in [7, 11) is -0.856. The monoisotopic (exact) mass is 198 g/mol. The van der Waals surface area contributed by atoms with Crippen LogP contribution in [0.3, 0.4) is 0 Å². The van der Waals surface area contributed by atoms with Gasteiger partial charge in [0, 0.05) is 12.0 Å². The highest BCUT2D eigenvalue weighted by Gasteiger charge is 2.42. The molecule has 1 unspecified atom stereocenters. The van der Waals surface area contributed by atoms with Gasteiger partial charge in [0.1, 0.15) is 0 Å². The molecule has 0 amide bonds. The molecule has 1 aliphatic rings. The van der Waals surface area contributed by atoms with E-state index in [0.717, 1.165) is 6.61 Å². The Morgan fingerprint density at radius 2 is 1.92 bits per heavy atom. The van der Waals surface area contributed by atoms with Gasteiger partial charge in [-0.3, -0.25) is 0 Å². The van der Waals surface area contributed by atoms with Crippen LogP contribution in [0.4, 0.5) is 0 Å². The number of rotatable bonds is 3. The minimum absolute atomic E-state index is 0.324. The summed E-state index contributed by atoms with van der Waals surface area (Å²) in [4.78, 5) is 0. The van der Waals surface area contributed by atoms with Crippen LogP contribution in [-0.4, -0.2) is 15.6 Å². The molecule has 0 aromatic heterocycles. The zero-order chi connectivity index (χ0) is 10.1. The SMILES string of the molecule is C[SiH](C)OCC1(C(C)(C)C)C=CC1. The Balaban J connectivity index is 2.57. The molecule has 0 saturated carbocycles. The van der Waals surface area contributed by atoms with Gasteiger partial charge >= 0.3 is 0 Å². The van der Waals surface area contributed by atoms with Gasteiger partial charge in [0.15, 0.2) is 9.04 Å². The maximum atomic E-state index is 5.86. The van der Waals surface area contributed by atoms with Gasteiger partial charge in [-0.25, -0.2) is 0 Å². The van der Waals surface area contributed by atoms with Crippen molar-refractivity contribution in [3.05, 3.63) is 12.2 Å². The van der Waals surface area contributed by atoms with Crippen molar-refractivity contribution < 1.29 is 4.43 Å². The van der Waals surface area contributed by atoms with Crippen LogP contribution in [0.15, 0.2) is 12.2 Å². The first-order chi connectivity index (χ1) is 5.87. The van der Waals surface area contributed by atoms with Crippen molar-refractivity contribution in [1.82, 2.24) is 0 Å². The van der Waals surface area contributed by atoms with E-state index in [2.05, 4.69) is 46.0 Å². The second kappa shape index (κ2) is 3.58. The Morgan fingerprint density at radius 1 is 1.38 bits per heavy atom. The third-order valence-electron chi connectivity index (χ3n) is 3.09. The highest BCUT2D eigenvalue weighted by atomic mass is 28.3. The number of allylic oxidation sites excluding steroid dienone is 1. The van der Waals surface area contributed by atoms with E-state index >= 15 is 0 Å². The van der Waals surface area contributed by atoms with E-state index in [1.807, 2.05) is 0 Å². The first-order valence-electron chi connectivity index (χ1n) is 5.17. The fraction of sp³-hybridized carbons (Fsp3) is 0.818. The van der Waals surface area contributed by atoms with E-state index < -0.39 is 9.04 Å². The molecule has 1 aliphatic carbocycles. The van der Waals surface area contributed by atoms with Crippen LogP contribution < -0.4 is 0 Å². The number of hydrogen-bond donors (Lipinski definition) is 0. The van der Waals surface area contributed by atoms with Crippen molar-refractivity contribution >= 4 is 9.04 Å². The molecule has 0 saturated heterocycles. The van der Waals surface area contributed by atoms with Gasteiger partial charge in [0.25, 0.3) is 0 Å². The van der Waals surface area contributed by atoms with Crippen LogP contribution in [0, 0.1) is 10.8 Å². The third-order valence-corrected chi connectivity index (χ3v) is 3.92. The van der Waals surface area contributed by atoms with Crippen LogP contribution in [0.25, 0.3) is 0 Å². The predicted octanol–water partition coefficient (Wildman–Crippen LogP) is 2.98. The van der Waals surface area contributed by atoms with Crippen molar-refractivity contribution in [3.8, 4) is 0 Å². The summed E-state index contributed by atoms with van der Waals surface area (Å²) in [6.07, 6.45) is 5.79. The lowest BCUT2D eigenvalue weighted by atomic mass is 9.60. The molecule has 1 rings (SSSR count). The van der Waals surface area contributed by atoms with E-state index in [9.17, 15) is 0 Å². The topological polar surface area (TPSA) is 9.23 Å². The Bertz CT molecular complexity index is 203. The molecule has 13 heavy (non-hydrogen) atoms. The maximum absolute atomic E-state index is 5.86. The molecule has 0 spiro atoms. The standard InChI is InChI=1S/C11H22OSi/c1-10(2,3)11(7-6-8-11)9-12-13(4)5/h6-7,13H,8-9H2,1-5H3. The molecular formula is C11H22OSi. The summed E-state index contributed by atoms with van der Waals surface area (Å²) in [6, 6.07) is 0. The second-order valence-corrected chi connectivity index (χ2v) is 7.80. The van der Waals surface area contributed by atoms with Gasteiger partial charge in [0.2, 0.25) is 0 Å². The lowest BCUT2D eigenvalue weighted by Gasteiger charge is -2.47. The summed E-state index contributed by atoms with van der Waals surface area (Å²) < 4.78 is 5.86. The summed E-state index contributed by atoms with van der Waals surface area (Å²) in [5.41, 5.74) is 0.662. The van der Waals surface area contributed by atoms with Crippen LogP contribution >= 0.6 is 0 Å². The fourth-order valence-corrected chi connectivity index (χ4v) is 2.23. The molecule has 0 radical (unpaired) electrons. The highest BCUT2D eigenvalue weighted by Crippen LogP contribution is 2.48. The molecule has 0 aromatic carbocycles. The van der Waals surface area contributed by atoms with Crippen molar-refractivity contribution in [1.29, 1.82) is 0 Å². The zero-order valence-corrected chi connectivity index (χ0v) is 10.7. The summed E-state index contributed by atoms with van der Waals surface area (Å²) in [6.45, 7) is 12.3. The normalized spacial score (nSPS) is 27.8. The Kier molecular flexibility index (Phi) is 3.03. The molecule has 76 valence electrons.